The molecule has 0 bridgehead atoms. The number of thioether (sulfide) groups is 1. The minimum absolute atomic E-state index is 0.0232. The topological polar surface area (TPSA) is 72.2 Å². The minimum Gasteiger partial charge on any atom is -0.399 e. The van der Waals surface area contributed by atoms with Crippen molar-refractivity contribution in [3.8, 4) is 0 Å². The first-order valence-corrected chi connectivity index (χ1v) is 10.0. The van der Waals surface area contributed by atoms with Crippen molar-refractivity contribution in [2.45, 2.75) is 55.7 Å². The Hall–Kier alpha value is -0.720. The van der Waals surface area contributed by atoms with Gasteiger partial charge < -0.3 is 5.73 Å². The van der Waals surface area contributed by atoms with E-state index < -0.39 is 10.0 Å². The van der Waals surface area contributed by atoms with Gasteiger partial charge in [-0.2, -0.15) is 11.8 Å². The van der Waals surface area contributed by atoms with Gasteiger partial charge in [0, 0.05) is 17.0 Å². The van der Waals surface area contributed by atoms with Crippen LogP contribution in [0.3, 0.4) is 0 Å². The maximum atomic E-state index is 12.8. The molecule has 0 heterocycles. The summed E-state index contributed by atoms with van der Waals surface area (Å²) in [5.41, 5.74) is 7.79. The second-order valence-electron chi connectivity index (χ2n) is 5.77. The van der Waals surface area contributed by atoms with Crippen molar-refractivity contribution in [1.29, 1.82) is 0 Å². The maximum absolute atomic E-state index is 12.8. The number of hydrogen-bond donors (Lipinski definition) is 2. The number of benzene rings is 1. The molecule has 21 heavy (non-hydrogen) atoms. The molecule has 6 heteroatoms. The summed E-state index contributed by atoms with van der Waals surface area (Å²) < 4.78 is 28.4. The van der Waals surface area contributed by atoms with Crippen molar-refractivity contribution in [2.75, 3.05) is 12.0 Å². The first-order valence-electron chi connectivity index (χ1n) is 7.27. The Kier molecular flexibility index (Phi) is 5.22. The smallest absolute Gasteiger partial charge is 0.241 e. The molecule has 0 aliphatic heterocycles. The number of nitrogens with one attached hydrogen (secondary N) is 1. The average molecular weight is 329 g/mol. The van der Waals surface area contributed by atoms with Gasteiger partial charge in [0.1, 0.15) is 0 Å². The Morgan fingerprint density at radius 2 is 1.76 bits per heavy atom. The molecular formula is C15H24N2O2S2. The Bertz CT molecular complexity index is 591. The maximum Gasteiger partial charge on any atom is 0.241 e. The third-order valence-corrected chi connectivity index (χ3v) is 7.03. The van der Waals surface area contributed by atoms with Gasteiger partial charge in [0.25, 0.3) is 0 Å². The normalized spacial score (nSPS) is 23.2. The Morgan fingerprint density at radius 1 is 1.19 bits per heavy atom. The third kappa shape index (κ3) is 3.73. The predicted octanol–water partition coefficient (Wildman–Crippen LogP) is 2.84. The van der Waals surface area contributed by atoms with Crippen LogP contribution in [0.25, 0.3) is 0 Å². The first-order chi connectivity index (χ1) is 9.85. The van der Waals surface area contributed by atoms with E-state index in [1.807, 2.05) is 0 Å². The van der Waals surface area contributed by atoms with E-state index >= 15 is 0 Å². The molecule has 1 fully saturated rings. The lowest BCUT2D eigenvalue weighted by molar-refractivity contribution is 0.423. The highest BCUT2D eigenvalue weighted by molar-refractivity contribution is 7.99. The summed E-state index contributed by atoms with van der Waals surface area (Å²) in [7, 11) is -3.50. The monoisotopic (exact) mass is 328 g/mol. The van der Waals surface area contributed by atoms with Crippen molar-refractivity contribution >= 4 is 27.5 Å². The molecule has 2 rings (SSSR count). The summed E-state index contributed by atoms with van der Waals surface area (Å²) in [6.45, 7) is 3.59. The SMILES string of the molecule is CSC1CCCCC1NS(=O)(=O)c1c(C)cc(N)cc1C. The number of hydrogen-bond acceptors (Lipinski definition) is 4. The van der Waals surface area contributed by atoms with E-state index in [0.29, 0.717) is 27.0 Å². The van der Waals surface area contributed by atoms with E-state index in [4.69, 9.17) is 5.73 Å². The van der Waals surface area contributed by atoms with E-state index in [9.17, 15) is 8.42 Å². The summed E-state index contributed by atoms with van der Waals surface area (Å²) in [6.07, 6.45) is 6.32. The fourth-order valence-corrected chi connectivity index (χ4v) is 5.96. The largest absolute Gasteiger partial charge is 0.399 e. The van der Waals surface area contributed by atoms with Gasteiger partial charge in [-0.15, -0.1) is 0 Å². The Balaban J connectivity index is 2.30. The lowest BCUT2D eigenvalue weighted by Crippen LogP contribution is -2.43. The zero-order valence-electron chi connectivity index (χ0n) is 12.8. The van der Waals surface area contributed by atoms with E-state index in [0.717, 1.165) is 19.3 Å². The van der Waals surface area contributed by atoms with Crippen LogP contribution in [0, 0.1) is 13.8 Å². The van der Waals surface area contributed by atoms with Crippen LogP contribution in [0.2, 0.25) is 0 Å². The van der Waals surface area contributed by atoms with Gasteiger partial charge in [-0.3, -0.25) is 0 Å². The van der Waals surface area contributed by atoms with Crippen molar-refractivity contribution in [2.24, 2.45) is 0 Å². The van der Waals surface area contributed by atoms with Crippen LogP contribution in [0.1, 0.15) is 36.8 Å². The lowest BCUT2D eigenvalue weighted by atomic mass is 9.96. The van der Waals surface area contributed by atoms with Gasteiger partial charge in [0.15, 0.2) is 0 Å². The van der Waals surface area contributed by atoms with Gasteiger partial charge in [-0.25, -0.2) is 13.1 Å². The minimum atomic E-state index is -3.50. The van der Waals surface area contributed by atoms with Gasteiger partial charge >= 0.3 is 0 Å². The molecule has 1 aromatic rings. The number of anilines is 1. The molecule has 2 unspecified atom stereocenters. The summed E-state index contributed by atoms with van der Waals surface area (Å²) in [4.78, 5) is 0.377. The van der Waals surface area contributed by atoms with Crippen LogP contribution in [0.5, 0.6) is 0 Å². The molecule has 0 amide bonds. The molecule has 1 aromatic carbocycles. The van der Waals surface area contributed by atoms with Crippen LogP contribution in [-0.2, 0) is 10.0 Å². The molecule has 3 N–H and O–H groups in total. The van der Waals surface area contributed by atoms with Crippen LogP contribution in [0.4, 0.5) is 5.69 Å². The number of sulfonamides is 1. The summed E-state index contributed by atoms with van der Waals surface area (Å²) in [5.74, 6) is 0. The molecule has 4 nitrogen and oxygen atoms in total. The molecule has 0 saturated heterocycles. The Morgan fingerprint density at radius 3 is 2.33 bits per heavy atom. The number of rotatable bonds is 4. The zero-order chi connectivity index (χ0) is 15.6. The molecule has 2 atom stereocenters. The molecule has 1 aliphatic rings. The Labute approximate surface area is 131 Å². The van der Waals surface area contributed by atoms with Gasteiger partial charge in [0.05, 0.1) is 4.90 Å². The zero-order valence-corrected chi connectivity index (χ0v) is 14.5. The summed E-state index contributed by atoms with van der Waals surface area (Å²) in [5, 5.41) is 0.364. The lowest BCUT2D eigenvalue weighted by Gasteiger charge is -2.31. The fourth-order valence-electron chi connectivity index (χ4n) is 3.18. The molecule has 0 spiro atoms. The van der Waals surface area contributed by atoms with Crippen LogP contribution >= 0.6 is 11.8 Å². The third-order valence-electron chi connectivity index (χ3n) is 4.06. The number of aryl methyl sites for hydroxylation is 2. The standard InChI is InChI=1S/C15H24N2O2S2/c1-10-8-12(16)9-11(2)15(10)21(18,19)17-13-6-4-5-7-14(13)20-3/h8-9,13-14,17H,4-7,16H2,1-3H3. The van der Waals surface area contributed by atoms with E-state index in [1.165, 1.54) is 6.42 Å². The molecule has 118 valence electrons. The summed E-state index contributed by atoms with van der Waals surface area (Å²) in [6, 6.07) is 3.46. The first kappa shape index (κ1) is 16.6. The second kappa shape index (κ2) is 6.58. The van der Waals surface area contributed by atoms with Crippen molar-refractivity contribution < 1.29 is 8.42 Å². The highest BCUT2D eigenvalue weighted by atomic mass is 32.2. The fraction of sp³-hybridized carbons (Fsp3) is 0.600. The molecule has 0 aromatic heterocycles. The van der Waals surface area contributed by atoms with Crippen molar-refractivity contribution in [1.82, 2.24) is 4.72 Å². The van der Waals surface area contributed by atoms with E-state index in [-0.39, 0.29) is 6.04 Å². The van der Waals surface area contributed by atoms with E-state index in [2.05, 4.69) is 11.0 Å². The highest BCUT2D eigenvalue weighted by Gasteiger charge is 2.30. The molecule has 1 saturated carbocycles. The van der Waals surface area contributed by atoms with Crippen LogP contribution in [0.15, 0.2) is 17.0 Å². The highest BCUT2D eigenvalue weighted by Crippen LogP contribution is 2.29. The van der Waals surface area contributed by atoms with Gasteiger partial charge in [-0.1, -0.05) is 12.8 Å². The van der Waals surface area contributed by atoms with Crippen LogP contribution in [-0.4, -0.2) is 26.0 Å². The average Bonchev–Trinajstić information content (AvgIpc) is 2.37. The predicted molar refractivity (Wildman–Crippen MR) is 90.2 cm³/mol. The molecular weight excluding hydrogens is 304 g/mol. The second-order valence-corrected chi connectivity index (χ2v) is 8.50. The molecule has 1 aliphatic carbocycles. The van der Waals surface area contributed by atoms with Gasteiger partial charge in [-0.05, 0) is 56.2 Å². The molecule has 0 radical (unpaired) electrons. The number of nitrogen functional groups attached to an aromatic ring is 1. The van der Waals surface area contributed by atoms with Gasteiger partial charge in [0.2, 0.25) is 10.0 Å². The van der Waals surface area contributed by atoms with Crippen LogP contribution < -0.4 is 10.5 Å². The van der Waals surface area contributed by atoms with E-state index in [1.54, 1.807) is 37.7 Å². The van der Waals surface area contributed by atoms with Crippen molar-refractivity contribution in [3.05, 3.63) is 23.3 Å². The summed E-state index contributed by atoms with van der Waals surface area (Å²) >= 11 is 1.75. The quantitative estimate of drug-likeness (QED) is 0.834. The number of nitrogens with two attached hydrogens (primary N) is 1. The van der Waals surface area contributed by atoms with Crippen molar-refractivity contribution in [3.63, 3.8) is 0 Å².